The summed E-state index contributed by atoms with van der Waals surface area (Å²) in [7, 11) is 2.96. The number of halogens is 1. The van der Waals surface area contributed by atoms with Crippen LogP contribution in [-0.2, 0) is 9.53 Å². The number of hydrogen-bond acceptors (Lipinski definition) is 4. The van der Waals surface area contributed by atoms with Crippen molar-refractivity contribution in [2.45, 2.75) is 6.04 Å². The largest absolute Gasteiger partial charge is 0.383 e. The van der Waals surface area contributed by atoms with Gasteiger partial charge in [0.2, 0.25) is 5.91 Å². The Morgan fingerprint density at radius 1 is 1.47 bits per heavy atom. The number of rotatable bonds is 5. The molecule has 1 aromatic rings. The first-order valence-corrected chi connectivity index (χ1v) is 5.94. The summed E-state index contributed by atoms with van der Waals surface area (Å²) in [6, 6.07) is 3.83. The first-order valence-electron chi connectivity index (χ1n) is 5.56. The highest BCUT2D eigenvalue weighted by Gasteiger charge is 2.15. The van der Waals surface area contributed by atoms with Gasteiger partial charge in [0.05, 0.1) is 17.2 Å². The molecule has 104 valence electrons. The summed E-state index contributed by atoms with van der Waals surface area (Å²) in [5.41, 5.74) is 6.31. The van der Waals surface area contributed by atoms with Crippen LogP contribution in [0.5, 0.6) is 0 Å². The fourth-order valence-electron chi connectivity index (χ4n) is 1.40. The van der Waals surface area contributed by atoms with Crippen molar-refractivity contribution < 1.29 is 14.3 Å². The molecule has 0 radical (unpaired) electrons. The van der Waals surface area contributed by atoms with Crippen LogP contribution in [0.25, 0.3) is 0 Å². The maximum atomic E-state index is 11.7. The number of ether oxygens (including phenoxy) is 1. The van der Waals surface area contributed by atoms with Crippen molar-refractivity contribution in [3.63, 3.8) is 0 Å². The molecule has 0 aromatic heterocycles. The van der Waals surface area contributed by atoms with Crippen LogP contribution in [0.2, 0.25) is 5.02 Å². The second-order valence-corrected chi connectivity index (χ2v) is 4.23. The van der Waals surface area contributed by atoms with Gasteiger partial charge in [0.25, 0.3) is 5.91 Å². The highest BCUT2D eigenvalue weighted by molar-refractivity contribution is 6.34. The second-order valence-electron chi connectivity index (χ2n) is 3.82. The van der Waals surface area contributed by atoms with Crippen LogP contribution < -0.4 is 16.4 Å². The quantitative estimate of drug-likeness (QED) is 0.739. The Hall–Kier alpha value is -1.63. The van der Waals surface area contributed by atoms with Gasteiger partial charge in [0.1, 0.15) is 6.04 Å². The summed E-state index contributed by atoms with van der Waals surface area (Å²) in [5, 5.41) is 5.36. The molecule has 4 N–H and O–H groups in total. The lowest BCUT2D eigenvalue weighted by molar-refractivity contribution is -0.118. The molecular weight excluding hydrogens is 270 g/mol. The summed E-state index contributed by atoms with van der Waals surface area (Å²) in [5.74, 6) is -0.727. The predicted octanol–water partition coefficient (Wildman–Crippen LogP) is 0.612. The molecule has 0 saturated carbocycles. The second kappa shape index (κ2) is 7.08. The molecule has 7 heteroatoms. The van der Waals surface area contributed by atoms with Gasteiger partial charge in [-0.05, 0) is 18.2 Å². The number of carbonyl (C=O) groups is 2. The van der Waals surface area contributed by atoms with E-state index >= 15 is 0 Å². The minimum absolute atomic E-state index is 0.113. The Bertz CT molecular complexity index is 479. The zero-order chi connectivity index (χ0) is 14.4. The van der Waals surface area contributed by atoms with Gasteiger partial charge in [-0.1, -0.05) is 11.6 Å². The fraction of sp³-hybridized carbons (Fsp3) is 0.333. The van der Waals surface area contributed by atoms with Gasteiger partial charge in [-0.3, -0.25) is 9.59 Å². The fourth-order valence-corrected chi connectivity index (χ4v) is 1.61. The zero-order valence-corrected chi connectivity index (χ0v) is 11.5. The van der Waals surface area contributed by atoms with Gasteiger partial charge in [0.15, 0.2) is 0 Å². The molecule has 1 unspecified atom stereocenters. The minimum atomic E-state index is -0.774. The van der Waals surface area contributed by atoms with E-state index in [2.05, 4.69) is 10.6 Å². The molecule has 2 amide bonds. The number of carbonyl (C=O) groups excluding carboxylic acids is 2. The normalized spacial score (nSPS) is 11.8. The van der Waals surface area contributed by atoms with E-state index < -0.39 is 11.9 Å². The van der Waals surface area contributed by atoms with Crippen LogP contribution in [0.15, 0.2) is 18.2 Å². The van der Waals surface area contributed by atoms with Crippen LogP contribution >= 0.6 is 11.6 Å². The van der Waals surface area contributed by atoms with Gasteiger partial charge < -0.3 is 21.1 Å². The van der Waals surface area contributed by atoms with E-state index in [4.69, 9.17) is 22.1 Å². The van der Waals surface area contributed by atoms with E-state index in [0.29, 0.717) is 10.7 Å². The van der Waals surface area contributed by atoms with Crippen molar-refractivity contribution in [2.24, 2.45) is 5.73 Å². The van der Waals surface area contributed by atoms with Crippen molar-refractivity contribution in [2.75, 3.05) is 26.1 Å². The Labute approximate surface area is 116 Å². The first-order chi connectivity index (χ1) is 8.99. The molecule has 0 heterocycles. The lowest BCUT2D eigenvalue weighted by Gasteiger charge is -2.12. The lowest BCUT2D eigenvalue weighted by Crippen LogP contribution is -2.39. The molecule has 0 aliphatic carbocycles. The van der Waals surface area contributed by atoms with Gasteiger partial charge in [-0.25, -0.2) is 0 Å². The van der Waals surface area contributed by atoms with Crippen LogP contribution in [0, 0.1) is 0 Å². The minimum Gasteiger partial charge on any atom is -0.383 e. The average molecular weight is 286 g/mol. The first kappa shape index (κ1) is 15.4. The highest BCUT2D eigenvalue weighted by atomic mass is 35.5. The topological polar surface area (TPSA) is 93.5 Å². The van der Waals surface area contributed by atoms with Gasteiger partial charge >= 0.3 is 0 Å². The number of nitrogens with one attached hydrogen (secondary N) is 2. The summed E-state index contributed by atoms with van der Waals surface area (Å²) in [6.07, 6.45) is 0. The van der Waals surface area contributed by atoms with E-state index in [1.54, 1.807) is 6.07 Å². The molecule has 1 atom stereocenters. The van der Waals surface area contributed by atoms with Gasteiger partial charge in [-0.2, -0.15) is 0 Å². The predicted molar refractivity (Wildman–Crippen MR) is 73.3 cm³/mol. The molecule has 0 spiro atoms. The summed E-state index contributed by atoms with van der Waals surface area (Å²) >= 11 is 5.90. The lowest BCUT2D eigenvalue weighted by atomic mass is 10.1. The molecule has 0 aliphatic rings. The monoisotopic (exact) mass is 285 g/mol. The molecular formula is C12H16ClN3O3. The van der Waals surface area contributed by atoms with E-state index in [0.717, 1.165) is 0 Å². The maximum absolute atomic E-state index is 11.7. The summed E-state index contributed by atoms with van der Waals surface area (Å²) in [4.78, 5) is 23.2. The van der Waals surface area contributed by atoms with Crippen LogP contribution in [0.3, 0.4) is 0 Å². The standard InChI is InChI=1S/C12H16ClN3O3/c1-15-11(17)8-5-7(3-4-9(8)13)16-12(18)10(14)6-19-2/h3-5,10H,6,14H2,1-2H3,(H,15,17)(H,16,18). The molecule has 19 heavy (non-hydrogen) atoms. The number of nitrogens with two attached hydrogens (primary N) is 1. The number of methoxy groups -OCH3 is 1. The number of anilines is 1. The Morgan fingerprint density at radius 2 is 2.16 bits per heavy atom. The van der Waals surface area contributed by atoms with Gasteiger partial charge in [-0.15, -0.1) is 0 Å². The van der Waals surface area contributed by atoms with E-state index in [9.17, 15) is 9.59 Å². The van der Waals surface area contributed by atoms with Crippen LogP contribution in [0.4, 0.5) is 5.69 Å². The third-order valence-corrected chi connectivity index (χ3v) is 2.72. The molecule has 0 aliphatic heterocycles. The van der Waals surface area contributed by atoms with Crippen molar-refractivity contribution in [3.05, 3.63) is 28.8 Å². The Kier molecular flexibility index (Phi) is 5.75. The van der Waals surface area contributed by atoms with Crippen molar-refractivity contribution >= 4 is 29.1 Å². The SMILES string of the molecule is CNC(=O)c1cc(NC(=O)C(N)COC)ccc1Cl. The smallest absolute Gasteiger partial charge is 0.252 e. The highest BCUT2D eigenvalue weighted by Crippen LogP contribution is 2.20. The molecule has 0 saturated heterocycles. The number of benzene rings is 1. The van der Waals surface area contributed by atoms with Crippen molar-refractivity contribution in [1.29, 1.82) is 0 Å². The van der Waals surface area contributed by atoms with Crippen molar-refractivity contribution in [3.8, 4) is 0 Å². The van der Waals surface area contributed by atoms with Gasteiger partial charge in [0, 0.05) is 19.8 Å². The van der Waals surface area contributed by atoms with E-state index in [1.807, 2.05) is 0 Å². The molecule has 6 nitrogen and oxygen atoms in total. The third kappa shape index (κ3) is 4.20. The van der Waals surface area contributed by atoms with Crippen LogP contribution in [0.1, 0.15) is 10.4 Å². The van der Waals surface area contributed by atoms with E-state index in [-0.39, 0.29) is 18.1 Å². The van der Waals surface area contributed by atoms with E-state index in [1.165, 1.54) is 26.3 Å². The van der Waals surface area contributed by atoms with Crippen molar-refractivity contribution in [1.82, 2.24) is 5.32 Å². The molecule has 1 rings (SSSR count). The summed E-state index contributed by atoms with van der Waals surface area (Å²) in [6.45, 7) is 0.113. The maximum Gasteiger partial charge on any atom is 0.252 e. The molecule has 0 fully saturated rings. The molecule has 1 aromatic carbocycles. The third-order valence-electron chi connectivity index (χ3n) is 2.39. The zero-order valence-electron chi connectivity index (χ0n) is 10.7. The number of amides is 2. The summed E-state index contributed by atoms with van der Waals surface area (Å²) < 4.78 is 4.79. The molecule has 0 bridgehead atoms. The van der Waals surface area contributed by atoms with Crippen LogP contribution in [-0.4, -0.2) is 38.6 Å². The average Bonchev–Trinajstić information content (AvgIpc) is 2.40. The Balaban J connectivity index is 2.85. The Morgan fingerprint density at radius 3 is 2.74 bits per heavy atom. The number of hydrogen-bond donors (Lipinski definition) is 3.